The maximum Gasteiger partial charge on any atom is 0.318 e. The number of amides is 2. The Labute approximate surface area is 138 Å². The maximum absolute atomic E-state index is 12.2. The number of nitrogens with zero attached hydrogens (tertiary/aromatic N) is 2. The van der Waals surface area contributed by atoms with Gasteiger partial charge in [0.25, 0.3) is 0 Å². The van der Waals surface area contributed by atoms with E-state index in [1.165, 1.54) is 0 Å². The maximum atomic E-state index is 12.2. The van der Waals surface area contributed by atoms with Crippen LogP contribution in [0.2, 0.25) is 0 Å². The molecule has 0 aliphatic carbocycles. The van der Waals surface area contributed by atoms with Crippen molar-refractivity contribution in [3.05, 3.63) is 40.7 Å². The molecule has 0 bridgehead atoms. The van der Waals surface area contributed by atoms with Crippen molar-refractivity contribution in [1.29, 1.82) is 0 Å². The number of thiazole rings is 1. The third kappa shape index (κ3) is 3.62. The van der Waals surface area contributed by atoms with Gasteiger partial charge in [-0.1, -0.05) is 30.3 Å². The van der Waals surface area contributed by atoms with E-state index in [2.05, 4.69) is 10.3 Å². The normalized spacial score (nSPS) is 16.3. The van der Waals surface area contributed by atoms with E-state index in [0.29, 0.717) is 0 Å². The molecule has 1 aliphatic rings. The number of aromatic nitrogens is 1. The average Bonchev–Trinajstić information content (AvgIpc) is 3.06. The summed E-state index contributed by atoms with van der Waals surface area (Å²) in [4.78, 5) is 18.8. The van der Waals surface area contributed by atoms with Gasteiger partial charge in [0, 0.05) is 35.5 Å². The van der Waals surface area contributed by atoms with Gasteiger partial charge in [-0.2, -0.15) is 11.8 Å². The Morgan fingerprint density at radius 1 is 1.27 bits per heavy atom. The molecule has 0 radical (unpaired) electrons. The Bertz CT molecular complexity index is 623. The van der Waals surface area contributed by atoms with E-state index in [1.54, 1.807) is 11.3 Å². The molecule has 1 fully saturated rings. The second-order valence-corrected chi connectivity index (χ2v) is 7.32. The Kier molecular flexibility index (Phi) is 5.00. The zero-order valence-corrected chi connectivity index (χ0v) is 14.1. The lowest BCUT2D eigenvalue weighted by molar-refractivity contribution is 0.199. The molecule has 22 heavy (non-hydrogen) atoms. The number of carbonyl (C=O) groups excluding carboxylic acids is 1. The smallest absolute Gasteiger partial charge is 0.318 e. The molecule has 1 saturated heterocycles. The minimum atomic E-state index is -0.0652. The van der Waals surface area contributed by atoms with Gasteiger partial charge in [-0.3, -0.25) is 0 Å². The summed E-state index contributed by atoms with van der Waals surface area (Å²) in [5, 5.41) is 6.05. The van der Waals surface area contributed by atoms with Gasteiger partial charge in [-0.25, -0.2) is 9.78 Å². The molecule has 6 heteroatoms. The molecule has 1 unspecified atom stereocenters. The van der Waals surface area contributed by atoms with Gasteiger partial charge in [0.2, 0.25) is 0 Å². The number of carbonyl (C=O) groups is 1. The summed E-state index contributed by atoms with van der Waals surface area (Å²) in [6.45, 7) is 3.65. The minimum Gasteiger partial charge on any atom is -0.329 e. The van der Waals surface area contributed by atoms with Crippen molar-refractivity contribution in [1.82, 2.24) is 15.2 Å². The van der Waals surface area contributed by atoms with Gasteiger partial charge < -0.3 is 10.2 Å². The van der Waals surface area contributed by atoms with Crippen molar-refractivity contribution in [2.45, 2.75) is 13.0 Å². The number of benzene rings is 1. The van der Waals surface area contributed by atoms with Crippen molar-refractivity contribution in [3.63, 3.8) is 0 Å². The Morgan fingerprint density at radius 3 is 2.73 bits per heavy atom. The SMILES string of the molecule is CC(NC(=O)N1CCSCC1)c1nc(-c2ccccc2)cs1. The van der Waals surface area contributed by atoms with Crippen molar-refractivity contribution in [3.8, 4) is 11.3 Å². The van der Waals surface area contributed by atoms with Gasteiger partial charge in [-0.05, 0) is 6.92 Å². The van der Waals surface area contributed by atoms with Gasteiger partial charge in [0.15, 0.2) is 0 Å². The summed E-state index contributed by atoms with van der Waals surface area (Å²) in [5.41, 5.74) is 2.08. The summed E-state index contributed by atoms with van der Waals surface area (Å²) in [7, 11) is 0. The summed E-state index contributed by atoms with van der Waals surface area (Å²) in [5.74, 6) is 2.05. The van der Waals surface area contributed by atoms with Crippen LogP contribution in [0.15, 0.2) is 35.7 Å². The lowest BCUT2D eigenvalue weighted by Gasteiger charge is -2.27. The van der Waals surface area contributed by atoms with E-state index in [0.717, 1.165) is 40.9 Å². The average molecular weight is 333 g/mol. The highest BCUT2D eigenvalue weighted by Gasteiger charge is 2.20. The quantitative estimate of drug-likeness (QED) is 0.933. The van der Waals surface area contributed by atoms with Crippen molar-refractivity contribution in [2.24, 2.45) is 0 Å². The van der Waals surface area contributed by atoms with Crippen LogP contribution in [0.25, 0.3) is 11.3 Å². The predicted octanol–water partition coefficient (Wildman–Crippen LogP) is 3.63. The number of hydrogen-bond donors (Lipinski definition) is 1. The molecule has 1 N–H and O–H groups in total. The molecule has 0 saturated carbocycles. The summed E-state index contributed by atoms with van der Waals surface area (Å²) >= 11 is 3.49. The van der Waals surface area contributed by atoms with Crippen LogP contribution in [-0.2, 0) is 0 Å². The highest BCUT2D eigenvalue weighted by Crippen LogP contribution is 2.25. The third-order valence-electron chi connectivity index (χ3n) is 3.60. The second kappa shape index (κ2) is 7.15. The molecular weight excluding hydrogens is 314 g/mol. The second-order valence-electron chi connectivity index (χ2n) is 5.21. The number of urea groups is 1. The van der Waals surface area contributed by atoms with Gasteiger partial charge in [-0.15, -0.1) is 11.3 Å². The third-order valence-corrected chi connectivity index (χ3v) is 5.57. The molecule has 2 aromatic rings. The fourth-order valence-electron chi connectivity index (χ4n) is 2.33. The first kappa shape index (κ1) is 15.4. The van der Waals surface area contributed by atoms with Crippen molar-refractivity contribution >= 4 is 29.1 Å². The zero-order valence-electron chi connectivity index (χ0n) is 12.5. The Morgan fingerprint density at radius 2 is 2.00 bits per heavy atom. The lowest BCUT2D eigenvalue weighted by atomic mass is 10.2. The molecule has 2 amide bonds. The van der Waals surface area contributed by atoms with Crippen LogP contribution < -0.4 is 5.32 Å². The van der Waals surface area contributed by atoms with E-state index < -0.39 is 0 Å². The highest BCUT2D eigenvalue weighted by molar-refractivity contribution is 7.99. The molecule has 2 heterocycles. The Balaban J connectivity index is 1.64. The minimum absolute atomic E-state index is 0.0178. The van der Waals surface area contributed by atoms with Gasteiger partial charge in [0.1, 0.15) is 5.01 Å². The van der Waals surface area contributed by atoms with E-state index in [1.807, 2.05) is 59.3 Å². The molecule has 1 atom stereocenters. The molecule has 0 spiro atoms. The largest absolute Gasteiger partial charge is 0.329 e. The van der Waals surface area contributed by atoms with Crippen LogP contribution in [0.4, 0.5) is 4.79 Å². The number of rotatable bonds is 3. The highest BCUT2D eigenvalue weighted by atomic mass is 32.2. The van der Waals surface area contributed by atoms with Crippen LogP contribution in [0.1, 0.15) is 18.0 Å². The van der Waals surface area contributed by atoms with Crippen LogP contribution in [-0.4, -0.2) is 40.5 Å². The van der Waals surface area contributed by atoms with E-state index in [9.17, 15) is 4.79 Å². The molecule has 4 nitrogen and oxygen atoms in total. The van der Waals surface area contributed by atoms with Crippen LogP contribution in [0, 0.1) is 0 Å². The van der Waals surface area contributed by atoms with Gasteiger partial charge in [0.05, 0.1) is 11.7 Å². The predicted molar refractivity (Wildman–Crippen MR) is 93.4 cm³/mol. The summed E-state index contributed by atoms with van der Waals surface area (Å²) < 4.78 is 0. The fraction of sp³-hybridized carbons (Fsp3) is 0.375. The standard InChI is InChI=1S/C16H19N3OS2/c1-12(17-16(20)19-7-9-21-10-8-19)15-18-14(11-22-15)13-5-3-2-4-6-13/h2-6,11-12H,7-10H2,1H3,(H,17,20). The number of thioether (sulfide) groups is 1. The molecule has 116 valence electrons. The number of nitrogens with one attached hydrogen (secondary N) is 1. The number of hydrogen-bond acceptors (Lipinski definition) is 4. The molecule has 3 rings (SSSR count). The summed E-state index contributed by atoms with van der Waals surface area (Å²) in [6, 6.07) is 10.1. The zero-order chi connectivity index (χ0) is 15.4. The lowest BCUT2D eigenvalue weighted by Crippen LogP contribution is -2.45. The molecule has 1 aromatic carbocycles. The topological polar surface area (TPSA) is 45.2 Å². The fourth-order valence-corrected chi connectivity index (χ4v) is 4.07. The summed E-state index contributed by atoms with van der Waals surface area (Å²) in [6.07, 6.45) is 0. The van der Waals surface area contributed by atoms with Crippen LogP contribution in [0.3, 0.4) is 0 Å². The Hall–Kier alpha value is -1.53. The molecular formula is C16H19N3OS2. The van der Waals surface area contributed by atoms with Crippen LogP contribution >= 0.6 is 23.1 Å². The molecule has 1 aromatic heterocycles. The van der Waals surface area contributed by atoms with Gasteiger partial charge >= 0.3 is 6.03 Å². The van der Waals surface area contributed by atoms with Crippen LogP contribution in [0.5, 0.6) is 0 Å². The first-order chi connectivity index (χ1) is 10.7. The van der Waals surface area contributed by atoms with E-state index in [-0.39, 0.29) is 12.1 Å². The first-order valence-corrected chi connectivity index (χ1v) is 9.41. The molecule has 1 aliphatic heterocycles. The van der Waals surface area contributed by atoms with E-state index >= 15 is 0 Å². The van der Waals surface area contributed by atoms with Crippen molar-refractivity contribution in [2.75, 3.05) is 24.6 Å². The van der Waals surface area contributed by atoms with Crippen molar-refractivity contribution < 1.29 is 4.79 Å². The first-order valence-electron chi connectivity index (χ1n) is 7.38. The monoisotopic (exact) mass is 333 g/mol. The van der Waals surface area contributed by atoms with E-state index in [4.69, 9.17) is 0 Å².